The SMILES string of the molecule is Cl.N#CC[C@@H]1CNCCN1. The van der Waals surface area contributed by atoms with Gasteiger partial charge < -0.3 is 10.6 Å². The quantitative estimate of drug-likeness (QED) is 0.564. The van der Waals surface area contributed by atoms with Gasteiger partial charge in [0.15, 0.2) is 0 Å². The summed E-state index contributed by atoms with van der Waals surface area (Å²) in [5.74, 6) is 0. The Hall–Kier alpha value is -0.300. The van der Waals surface area contributed by atoms with Crippen LogP contribution in [-0.4, -0.2) is 25.7 Å². The van der Waals surface area contributed by atoms with E-state index in [4.69, 9.17) is 5.26 Å². The van der Waals surface area contributed by atoms with E-state index in [9.17, 15) is 0 Å². The lowest BCUT2D eigenvalue weighted by Crippen LogP contribution is -2.47. The Morgan fingerprint density at radius 3 is 2.80 bits per heavy atom. The molecule has 58 valence electrons. The van der Waals surface area contributed by atoms with Gasteiger partial charge >= 0.3 is 0 Å². The van der Waals surface area contributed by atoms with Crippen molar-refractivity contribution in [1.82, 2.24) is 10.6 Å². The number of nitriles is 1. The molecule has 1 atom stereocenters. The van der Waals surface area contributed by atoms with Crippen LogP contribution >= 0.6 is 12.4 Å². The first-order valence-electron chi connectivity index (χ1n) is 3.24. The highest BCUT2D eigenvalue weighted by Gasteiger charge is 2.09. The summed E-state index contributed by atoms with van der Waals surface area (Å²) in [4.78, 5) is 0. The maximum atomic E-state index is 8.30. The predicted octanol–water partition coefficient (Wildman–Crippen LogP) is -0.117. The van der Waals surface area contributed by atoms with Crippen molar-refractivity contribution in [3.63, 3.8) is 0 Å². The predicted molar refractivity (Wildman–Crippen MR) is 42.1 cm³/mol. The van der Waals surface area contributed by atoms with Crippen LogP contribution in [-0.2, 0) is 0 Å². The van der Waals surface area contributed by atoms with Crippen molar-refractivity contribution in [2.75, 3.05) is 19.6 Å². The zero-order valence-electron chi connectivity index (χ0n) is 5.76. The number of halogens is 1. The van der Waals surface area contributed by atoms with E-state index >= 15 is 0 Å². The van der Waals surface area contributed by atoms with Gasteiger partial charge in [-0.05, 0) is 0 Å². The van der Waals surface area contributed by atoms with Gasteiger partial charge in [0, 0.05) is 25.7 Å². The average Bonchev–Trinajstić information content (AvgIpc) is 1.91. The van der Waals surface area contributed by atoms with Crippen LogP contribution in [0.3, 0.4) is 0 Å². The largest absolute Gasteiger partial charge is 0.314 e. The van der Waals surface area contributed by atoms with Gasteiger partial charge in [-0.15, -0.1) is 12.4 Å². The lowest BCUT2D eigenvalue weighted by Gasteiger charge is -2.21. The molecule has 1 heterocycles. The lowest BCUT2D eigenvalue weighted by atomic mass is 10.2. The third-order valence-corrected chi connectivity index (χ3v) is 1.46. The second-order valence-corrected chi connectivity index (χ2v) is 2.22. The van der Waals surface area contributed by atoms with Crippen molar-refractivity contribution in [1.29, 1.82) is 5.26 Å². The number of piperazine rings is 1. The Balaban J connectivity index is 0.000000810. The molecule has 0 spiro atoms. The Kier molecular flexibility index (Phi) is 5.32. The molecular formula is C6H12ClN3. The van der Waals surface area contributed by atoms with Gasteiger partial charge in [0.1, 0.15) is 0 Å². The van der Waals surface area contributed by atoms with Crippen LogP contribution in [0, 0.1) is 11.3 Å². The summed E-state index contributed by atoms with van der Waals surface area (Å²) in [6.45, 7) is 2.96. The molecule has 0 bridgehead atoms. The molecule has 1 fully saturated rings. The molecule has 0 aliphatic carbocycles. The Morgan fingerprint density at radius 1 is 1.50 bits per heavy atom. The summed E-state index contributed by atoms with van der Waals surface area (Å²) in [6, 6.07) is 2.51. The maximum absolute atomic E-state index is 8.30. The minimum Gasteiger partial charge on any atom is -0.314 e. The van der Waals surface area contributed by atoms with Crippen LogP contribution in [0.5, 0.6) is 0 Å². The average molecular weight is 162 g/mol. The highest BCUT2D eigenvalue weighted by atomic mass is 35.5. The molecule has 0 amide bonds. The van der Waals surface area contributed by atoms with E-state index in [2.05, 4.69) is 16.7 Å². The molecule has 0 aromatic heterocycles. The molecule has 1 rings (SSSR count). The van der Waals surface area contributed by atoms with Gasteiger partial charge in [-0.3, -0.25) is 0 Å². The topological polar surface area (TPSA) is 47.9 Å². The molecule has 4 heteroatoms. The Labute approximate surface area is 67.2 Å². The molecule has 0 aromatic carbocycles. The minimum absolute atomic E-state index is 0. The molecule has 10 heavy (non-hydrogen) atoms. The highest BCUT2D eigenvalue weighted by molar-refractivity contribution is 5.85. The Morgan fingerprint density at radius 2 is 2.30 bits per heavy atom. The van der Waals surface area contributed by atoms with E-state index in [1.807, 2.05) is 0 Å². The van der Waals surface area contributed by atoms with Crippen LogP contribution in [0.25, 0.3) is 0 Å². The number of hydrogen-bond acceptors (Lipinski definition) is 3. The fraction of sp³-hybridized carbons (Fsp3) is 0.833. The number of rotatable bonds is 1. The van der Waals surface area contributed by atoms with E-state index in [1.165, 1.54) is 0 Å². The first kappa shape index (κ1) is 9.70. The van der Waals surface area contributed by atoms with Gasteiger partial charge in [-0.2, -0.15) is 5.26 Å². The molecule has 2 N–H and O–H groups in total. The number of hydrogen-bond donors (Lipinski definition) is 2. The van der Waals surface area contributed by atoms with E-state index in [1.54, 1.807) is 0 Å². The molecule has 1 aliphatic rings. The van der Waals surface area contributed by atoms with Crippen LogP contribution in [0.2, 0.25) is 0 Å². The second-order valence-electron chi connectivity index (χ2n) is 2.22. The smallest absolute Gasteiger partial charge is 0.0638 e. The third kappa shape index (κ3) is 3.02. The van der Waals surface area contributed by atoms with Crippen LogP contribution in [0.4, 0.5) is 0 Å². The second kappa shape index (κ2) is 5.48. The van der Waals surface area contributed by atoms with E-state index in [0.29, 0.717) is 12.5 Å². The number of nitrogens with zero attached hydrogens (tertiary/aromatic N) is 1. The van der Waals surface area contributed by atoms with Gasteiger partial charge in [0.25, 0.3) is 0 Å². The van der Waals surface area contributed by atoms with E-state index in [-0.39, 0.29) is 12.4 Å². The summed E-state index contributed by atoms with van der Waals surface area (Å²) in [6.07, 6.45) is 0.618. The van der Waals surface area contributed by atoms with Crippen LogP contribution in [0.1, 0.15) is 6.42 Å². The summed E-state index contributed by atoms with van der Waals surface area (Å²) in [7, 11) is 0. The van der Waals surface area contributed by atoms with Gasteiger partial charge in [0.2, 0.25) is 0 Å². The van der Waals surface area contributed by atoms with Crippen molar-refractivity contribution in [2.45, 2.75) is 12.5 Å². The fourth-order valence-electron chi connectivity index (χ4n) is 0.968. The molecule has 3 nitrogen and oxygen atoms in total. The van der Waals surface area contributed by atoms with Crippen molar-refractivity contribution < 1.29 is 0 Å². The normalized spacial score (nSPS) is 24.5. The van der Waals surface area contributed by atoms with Gasteiger partial charge in [-0.1, -0.05) is 0 Å². The molecule has 0 radical (unpaired) electrons. The fourth-order valence-corrected chi connectivity index (χ4v) is 0.968. The first-order valence-corrected chi connectivity index (χ1v) is 3.24. The molecule has 0 unspecified atom stereocenters. The van der Waals surface area contributed by atoms with E-state index in [0.717, 1.165) is 19.6 Å². The molecular weight excluding hydrogens is 150 g/mol. The zero-order chi connectivity index (χ0) is 6.53. The minimum atomic E-state index is 0. The third-order valence-electron chi connectivity index (χ3n) is 1.46. The van der Waals surface area contributed by atoms with Crippen LogP contribution in [0.15, 0.2) is 0 Å². The summed E-state index contributed by atoms with van der Waals surface area (Å²) < 4.78 is 0. The monoisotopic (exact) mass is 161 g/mol. The van der Waals surface area contributed by atoms with Crippen molar-refractivity contribution >= 4 is 12.4 Å². The number of nitrogens with one attached hydrogen (secondary N) is 2. The summed E-state index contributed by atoms with van der Waals surface area (Å²) in [5.41, 5.74) is 0. The zero-order valence-corrected chi connectivity index (χ0v) is 6.58. The van der Waals surface area contributed by atoms with Gasteiger partial charge in [0.05, 0.1) is 12.5 Å². The van der Waals surface area contributed by atoms with E-state index < -0.39 is 0 Å². The first-order chi connectivity index (χ1) is 4.43. The Bertz CT molecular complexity index is 115. The van der Waals surface area contributed by atoms with Crippen molar-refractivity contribution in [3.8, 4) is 6.07 Å². The lowest BCUT2D eigenvalue weighted by molar-refractivity contribution is 0.423. The van der Waals surface area contributed by atoms with Crippen molar-refractivity contribution in [2.24, 2.45) is 0 Å². The summed E-state index contributed by atoms with van der Waals surface area (Å²) >= 11 is 0. The molecule has 0 aromatic rings. The maximum Gasteiger partial charge on any atom is 0.0638 e. The standard InChI is InChI=1S/C6H11N3.ClH/c7-2-1-6-5-8-3-4-9-6;/h6,8-9H,1,3-5H2;1H/t6-;/m1./s1. The molecule has 1 aliphatic heterocycles. The summed E-state index contributed by atoms with van der Waals surface area (Å²) in [5, 5.41) is 14.7. The van der Waals surface area contributed by atoms with Gasteiger partial charge in [-0.25, -0.2) is 0 Å². The molecule has 0 saturated carbocycles. The highest BCUT2D eigenvalue weighted by Crippen LogP contribution is 1.90. The molecule has 1 saturated heterocycles. The van der Waals surface area contributed by atoms with Crippen LogP contribution < -0.4 is 10.6 Å². The van der Waals surface area contributed by atoms with Crippen molar-refractivity contribution in [3.05, 3.63) is 0 Å².